The Morgan fingerprint density at radius 1 is 1.12 bits per heavy atom. The predicted octanol–water partition coefficient (Wildman–Crippen LogP) is 2.33. The van der Waals surface area contributed by atoms with Gasteiger partial charge in [0.15, 0.2) is 12.1 Å². The van der Waals surface area contributed by atoms with Gasteiger partial charge < -0.3 is 15.4 Å². The van der Waals surface area contributed by atoms with Crippen molar-refractivity contribution in [3.05, 3.63) is 71.5 Å². The Morgan fingerprint density at radius 3 is 2.54 bits per heavy atom. The number of alkyl carbamates (subject to hydrolysis) is 1. The topological polar surface area (TPSA) is 67.4 Å². The van der Waals surface area contributed by atoms with Gasteiger partial charge in [0.1, 0.15) is 5.82 Å². The minimum absolute atomic E-state index is 0.292. The Bertz CT molecular complexity index is 719. The van der Waals surface area contributed by atoms with Crippen molar-refractivity contribution >= 4 is 12.0 Å². The molecule has 1 fully saturated rings. The largest absolute Gasteiger partial charge is 0.439 e. The van der Waals surface area contributed by atoms with Crippen LogP contribution in [0.3, 0.4) is 0 Å². The molecule has 3 rings (SSSR count). The van der Waals surface area contributed by atoms with Crippen LogP contribution in [-0.2, 0) is 16.0 Å². The molecular weight excluding hydrogens is 311 g/mol. The van der Waals surface area contributed by atoms with Gasteiger partial charge in [-0.2, -0.15) is 0 Å². The minimum Gasteiger partial charge on any atom is -0.439 e. The van der Waals surface area contributed by atoms with Crippen molar-refractivity contribution in [2.45, 2.75) is 18.6 Å². The molecule has 0 spiro atoms. The van der Waals surface area contributed by atoms with Crippen LogP contribution in [0, 0.1) is 5.82 Å². The molecule has 0 aliphatic carbocycles. The summed E-state index contributed by atoms with van der Waals surface area (Å²) in [6.07, 6.45) is -0.684. The van der Waals surface area contributed by atoms with Crippen LogP contribution in [0.25, 0.3) is 0 Å². The molecule has 1 heterocycles. The van der Waals surface area contributed by atoms with E-state index in [0.29, 0.717) is 13.0 Å². The van der Waals surface area contributed by atoms with Crippen LogP contribution in [0.4, 0.5) is 9.18 Å². The third kappa shape index (κ3) is 3.71. The van der Waals surface area contributed by atoms with Crippen molar-refractivity contribution < 1.29 is 18.7 Å². The van der Waals surface area contributed by atoms with Gasteiger partial charge >= 0.3 is 6.09 Å². The number of cyclic esters (lactones) is 1. The first-order chi connectivity index (χ1) is 11.6. The highest BCUT2D eigenvalue weighted by molar-refractivity contribution is 5.88. The van der Waals surface area contributed by atoms with Crippen LogP contribution in [0.1, 0.15) is 17.2 Å². The fraction of sp³-hybridized carbons (Fsp3) is 0.222. The molecule has 2 unspecified atom stereocenters. The zero-order chi connectivity index (χ0) is 16.9. The van der Waals surface area contributed by atoms with Crippen LogP contribution in [0.15, 0.2) is 54.6 Å². The van der Waals surface area contributed by atoms with Gasteiger partial charge in [-0.1, -0.05) is 42.5 Å². The summed E-state index contributed by atoms with van der Waals surface area (Å²) in [6.45, 7) is 0.387. The lowest BCUT2D eigenvalue weighted by Crippen LogP contribution is -2.44. The zero-order valence-corrected chi connectivity index (χ0v) is 12.9. The highest BCUT2D eigenvalue weighted by Gasteiger charge is 2.39. The molecule has 2 amide bonds. The van der Waals surface area contributed by atoms with E-state index in [1.165, 1.54) is 12.1 Å². The standard InChI is InChI=1S/C18H17FN2O3/c19-14-8-6-12(7-9-14)10-11-20-17(22)15-16(24-18(23)21-15)13-4-2-1-3-5-13/h1-9,15-16H,10-11H2,(H,20,22)(H,21,23). The fourth-order valence-electron chi connectivity index (χ4n) is 2.62. The fourth-order valence-corrected chi connectivity index (χ4v) is 2.62. The summed E-state index contributed by atoms with van der Waals surface area (Å²) in [5.74, 6) is -0.601. The number of ether oxygens (including phenoxy) is 1. The molecule has 0 radical (unpaired) electrons. The van der Waals surface area contributed by atoms with Gasteiger partial charge in [0, 0.05) is 6.54 Å². The summed E-state index contributed by atoms with van der Waals surface area (Å²) in [6, 6.07) is 14.5. The maximum Gasteiger partial charge on any atom is 0.408 e. The number of halogens is 1. The van der Waals surface area contributed by atoms with Gasteiger partial charge in [-0.15, -0.1) is 0 Å². The highest BCUT2D eigenvalue weighted by atomic mass is 19.1. The van der Waals surface area contributed by atoms with E-state index in [2.05, 4.69) is 10.6 Å². The third-order valence-electron chi connectivity index (χ3n) is 3.85. The van der Waals surface area contributed by atoms with Crippen molar-refractivity contribution in [1.82, 2.24) is 10.6 Å². The van der Waals surface area contributed by atoms with E-state index in [9.17, 15) is 14.0 Å². The van der Waals surface area contributed by atoms with E-state index in [1.54, 1.807) is 12.1 Å². The maximum atomic E-state index is 12.9. The summed E-state index contributed by atoms with van der Waals surface area (Å²) >= 11 is 0. The lowest BCUT2D eigenvalue weighted by molar-refractivity contribution is -0.124. The number of rotatable bonds is 5. The summed E-state index contributed by atoms with van der Waals surface area (Å²) < 4.78 is 18.1. The van der Waals surface area contributed by atoms with Gasteiger partial charge in [-0.05, 0) is 29.7 Å². The second-order valence-corrected chi connectivity index (χ2v) is 5.53. The van der Waals surface area contributed by atoms with Crippen LogP contribution in [-0.4, -0.2) is 24.6 Å². The van der Waals surface area contributed by atoms with Crippen molar-refractivity contribution in [3.8, 4) is 0 Å². The molecule has 5 nitrogen and oxygen atoms in total. The Hall–Kier alpha value is -2.89. The average molecular weight is 328 g/mol. The van der Waals surface area contributed by atoms with Gasteiger partial charge in [0.05, 0.1) is 0 Å². The monoisotopic (exact) mass is 328 g/mol. The van der Waals surface area contributed by atoms with Crippen molar-refractivity contribution in [2.24, 2.45) is 0 Å². The van der Waals surface area contributed by atoms with E-state index < -0.39 is 18.2 Å². The quantitative estimate of drug-likeness (QED) is 0.885. The maximum absolute atomic E-state index is 12.9. The SMILES string of the molecule is O=C1NC(C(=O)NCCc2ccc(F)cc2)C(c2ccccc2)O1. The second kappa shape index (κ2) is 7.12. The van der Waals surface area contributed by atoms with E-state index in [1.807, 2.05) is 30.3 Å². The van der Waals surface area contributed by atoms with Gasteiger partial charge in [0.25, 0.3) is 0 Å². The number of amides is 2. The van der Waals surface area contributed by atoms with Gasteiger partial charge in [-0.3, -0.25) is 4.79 Å². The zero-order valence-electron chi connectivity index (χ0n) is 12.9. The Morgan fingerprint density at radius 2 is 1.83 bits per heavy atom. The molecule has 2 aromatic carbocycles. The van der Waals surface area contributed by atoms with Crippen LogP contribution < -0.4 is 10.6 Å². The number of hydrogen-bond acceptors (Lipinski definition) is 3. The number of carbonyl (C=O) groups is 2. The van der Waals surface area contributed by atoms with Gasteiger partial charge in [-0.25, -0.2) is 9.18 Å². The molecule has 0 bridgehead atoms. The normalized spacial score (nSPS) is 19.5. The van der Waals surface area contributed by atoms with Crippen molar-refractivity contribution in [3.63, 3.8) is 0 Å². The number of carbonyl (C=O) groups excluding carboxylic acids is 2. The van der Waals surface area contributed by atoms with E-state index in [0.717, 1.165) is 11.1 Å². The first-order valence-electron chi connectivity index (χ1n) is 7.68. The van der Waals surface area contributed by atoms with E-state index >= 15 is 0 Å². The summed E-state index contributed by atoms with van der Waals surface area (Å²) in [7, 11) is 0. The smallest absolute Gasteiger partial charge is 0.408 e. The van der Waals surface area contributed by atoms with Crippen LogP contribution >= 0.6 is 0 Å². The highest BCUT2D eigenvalue weighted by Crippen LogP contribution is 2.26. The van der Waals surface area contributed by atoms with Gasteiger partial charge in [0.2, 0.25) is 5.91 Å². The van der Waals surface area contributed by atoms with E-state index in [4.69, 9.17) is 4.74 Å². The molecule has 1 aliphatic heterocycles. The minimum atomic E-state index is -0.770. The predicted molar refractivity (Wildman–Crippen MR) is 85.7 cm³/mol. The molecule has 2 atom stereocenters. The van der Waals surface area contributed by atoms with Crippen LogP contribution in [0.2, 0.25) is 0 Å². The molecule has 0 aromatic heterocycles. The second-order valence-electron chi connectivity index (χ2n) is 5.53. The van der Waals surface area contributed by atoms with Crippen LogP contribution in [0.5, 0.6) is 0 Å². The van der Waals surface area contributed by atoms with Crippen molar-refractivity contribution in [1.29, 1.82) is 0 Å². The molecule has 24 heavy (non-hydrogen) atoms. The molecule has 2 aromatic rings. The first kappa shape index (κ1) is 16.0. The first-order valence-corrected chi connectivity index (χ1v) is 7.68. The third-order valence-corrected chi connectivity index (χ3v) is 3.85. The molecule has 0 saturated carbocycles. The lowest BCUT2D eigenvalue weighted by Gasteiger charge is -2.17. The van der Waals surface area contributed by atoms with Crippen molar-refractivity contribution in [2.75, 3.05) is 6.54 Å². The Kier molecular flexibility index (Phi) is 4.74. The van der Waals surface area contributed by atoms with E-state index in [-0.39, 0.29) is 11.7 Å². The summed E-state index contributed by atoms with van der Waals surface area (Å²) in [4.78, 5) is 23.9. The molecule has 1 saturated heterocycles. The molecule has 2 N–H and O–H groups in total. The molecule has 1 aliphatic rings. The number of hydrogen-bond donors (Lipinski definition) is 2. The summed E-state index contributed by atoms with van der Waals surface area (Å²) in [5, 5.41) is 5.32. The Labute approximate surface area is 138 Å². The lowest BCUT2D eigenvalue weighted by atomic mass is 10.0. The molecule has 124 valence electrons. The Balaban J connectivity index is 1.59. The average Bonchev–Trinajstić information content (AvgIpc) is 2.99. The number of benzene rings is 2. The number of nitrogens with one attached hydrogen (secondary N) is 2. The molecule has 6 heteroatoms. The molecular formula is C18H17FN2O3. The summed E-state index contributed by atoms with van der Waals surface area (Å²) in [5.41, 5.74) is 1.68.